The molecule has 0 saturated carbocycles. The lowest BCUT2D eigenvalue weighted by molar-refractivity contribution is -0.384. The zero-order valence-corrected chi connectivity index (χ0v) is 18.0. The Hall–Kier alpha value is -4.46. The number of nitro groups is 1. The van der Waals surface area contributed by atoms with E-state index in [1.165, 1.54) is 19.2 Å². The third-order valence-corrected chi connectivity index (χ3v) is 4.93. The number of ether oxygens (including phenoxy) is 3. The van der Waals surface area contributed by atoms with Crippen LogP contribution in [0.5, 0.6) is 11.5 Å². The maximum atomic E-state index is 12.3. The summed E-state index contributed by atoms with van der Waals surface area (Å²) in [5.41, 5.74) is 3.33. The number of nitrogens with zero attached hydrogens (tertiary/aromatic N) is 2. The lowest BCUT2D eigenvalue weighted by atomic mass is 10.1. The summed E-state index contributed by atoms with van der Waals surface area (Å²) in [4.78, 5) is 27.1. The molecular weight excluding hydrogens is 424 g/mol. The highest BCUT2D eigenvalue weighted by atomic mass is 16.6. The van der Waals surface area contributed by atoms with Crippen molar-refractivity contribution < 1.29 is 23.9 Å². The van der Waals surface area contributed by atoms with Gasteiger partial charge in [0, 0.05) is 17.7 Å². The Labute approximate surface area is 189 Å². The van der Waals surface area contributed by atoms with Crippen LogP contribution in [-0.4, -0.2) is 23.9 Å². The van der Waals surface area contributed by atoms with Crippen LogP contribution in [-0.2, 0) is 16.1 Å². The molecule has 0 saturated heterocycles. The van der Waals surface area contributed by atoms with Crippen LogP contribution in [0, 0.1) is 17.0 Å². The maximum absolute atomic E-state index is 12.3. The highest BCUT2D eigenvalue weighted by Gasteiger charge is 2.24. The molecule has 166 valence electrons. The molecule has 33 heavy (non-hydrogen) atoms. The number of hydrogen-bond donors (Lipinski definition) is 0. The first-order valence-electron chi connectivity index (χ1n) is 10.1. The van der Waals surface area contributed by atoms with Crippen LogP contribution in [0.4, 0.5) is 5.69 Å². The monoisotopic (exact) mass is 444 g/mol. The summed E-state index contributed by atoms with van der Waals surface area (Å²) in [7, 11) is 1.50. The van der Waals surface area contributed by atoms with Crippen molar-refractivity contribution in [2.24, 2.45) is 4.99 Å². The zero-order valence-electron chi connectivity index (χ0n) is 18.0. The second-order valence-corrected chi connectivity index (χ2v) is 7.33. The summed E-state index contributed by atoms with van der Waals surface area (Å²) in [6.07, 6.45) is 1.61. The molecule has 0 fully saturated rings. The number of hydrogen-bond acceptors (Lipinski definition) is 7. The minimum absolute atomic E-state index is 0.000881. The largest absolute Gasteiger partial charge is 0.493 e. The standard InChI is InChI=1S/C25H20N2O6/c1-16-6-9-19(10-7-16)24-26-21(25(28)33-24)13-17-8-11-22(23(14-17)31-2)32-15-18-4-3-5-20(12-18)27(29)30/h3-14H,15H2,1-2H3/b21-13-. The molecule has 1 aliphatic heterocycles. The molecule has 0 atom stereocenters. The number of cyclic esters (lactones) is 1. The van der Waals surface area contributed by atoms with Crippen LogP contribution in [0.2, 0.25) is 0 Å². The fourth-order valence-electron chi connectivity index (χ4n) is 3.20. The first-order valence-corrected chi connectivity index (χ1v) is 10.1. The van der Waals surface area contributed by atoms with E-state index >= 15 is 0 Å². The Kier molecular flexibility index (Phi) is 6.17. The van der Waals surface area contributed by atoms with Crippen molar-refractivity contribution in [2.45, 2.75) is 13.5 Å². The van der Waals surface area contributed by atoms with Gasteiger partial charge >= 0.3 is 5.97 Å². The highest BCUT2D eigenvalue weighted by molar-refractivity contribution is 6.12. The van der Waals surface area contributed by atoms with Gasteiger partial charge in [0.25, 0.3) is 5.69 Å². The van der Waals surface area contributed by atoms with Crippen molar-refractivity contribution in [1.82, 2.24) is 0 Å². The van der Waals surface area contributed by atoms with Gasteiger partial charge in [-0.3, -0.25) is 10.1 Å². The van der Waals surface area contributed by atoms with Crippen molar-refractivity contribution in [3.8, 4) is 11.5 Å². The molecule has 0 unspecified atom stereocenters. The summed E-state index contributed by atoms with van der Waals surface area (Å²) < 4.78 is 16.5. The van der Waals surface area contributed by atoms with Crippen molar-refractivity contribution in [1.29, 1.82) is 0 Å². The van der Waals surface area contributed by atoms with E-state index in [9.17, 15) is 14.9 Å². The Morgan fingerprint density at radius 2 is 1.85 bits per heavy atom. The van der Waals surface area contributed by atoms with Crippen LogP contribution in [0.25, 0.3) is 6.08 Å². The average Bonchev–Trinajstić information content (AvgIpc) is 3.18. The predicted molar refractivity (Wildman–Crippen MR) is 122 cm³/mol. The van der Waals surface area contributed by atoms with Gasteiger partial charge < -0.3 is 14.2 Å². The van der Waals surface area contributed by atoms with Crippen LogP contribution >= 0.6 is 0 Å². The summed E-state index contributed by atoms with van der Waals surface area (Å²) in [5, 5.41) is 10.9. The number of carbonyl (C=O) groups is 1. The number of aliphatic imine (C=N–C) groups is 1. The van der Waals surface area contributed by atoms with Gasteiger partial charge in [0.15, 0.2) is 17.2 Å². The first kappa shape index (κ1) is 21.8. The predicted octanol–water partition coefficient (Wildman–Crippen LogP) is 4.84. The Morgan fingerprint density at radius 3 is 2.58 bits per heavy atom. The molecule has 0 aliphatic carbocycles. The number of carbonyl (C=O) groups excluding carboxylic acids is 1. The number of nitro benzene ring substituents is 1. The maximum Gasteiger partial charge on any atom is 0.363 e. The highest BCUT2D eigenvalue weighted by Crippen LogP contribution is 2.30. The van der Waals surface area contributed by atoms with Gasteiger partial charge in [-0.05, 0) is 48.4 Å². The molecule has 0 radical (unpaired) electrons. The van der Waals surface area contributed by atoms with Gasteiger partial charge in [-0.2, -0.15) is 0 Å². The smallest absolute Gasteiger partial charge is 0.363 e. The van der Waals surface area contributed by atoms with E-state index in [0.717, 1.165) is 11.1 Å². The van der Waals surface area contributed by atoms with Crippen molar-refractivity contribution in [2.75, 3.05) is 7.11 Å². The first-order chi connectivity index (χ1) is 15.9. The summed E-state index contributed by atoms with van der Waals surface area (Å²) in [6.45, 7) is 2.11. The second-order valence-electron chi connectivity index (χ2n) is 7.33. The molecule has 1 aliphatic rings. The summed E-state index contributed by atoms with van der Waals surface area (Å²) >= 11 is 0. The van der Waals surface area contributed by atoms with E-state index in [1.807, 2.05) is 31.2 Å². The number of esters is 1. The van der Waals surface area contributed by atoms with Crippen molar-refractivity contribution in [3.05, 3.63) is 105 Å². The molecule has 3 aromatic rings. The van der Waals surface area contributed by atoms with E-state index in [-0.39, 0.29) is 23.9 Å². The van der Waals surface area contributed by atoms with Crippen LogP contribution in [0.15, 0.2) is 77.4 Å². The summed E-state index contributed by atoms with van der Waals surface area (Å²) in [6, 6.07) is 18.9. The van der Waals surface area contributed by atoms with Gasteiger partial charge in [0.1, 0.15) is 6.61 Å². The van der Waals surface area contributed by atoms with Gasteiger partial charge in [0.05, 0.1) is 12.0 Å². The molecule has 8 heteroatoms. The van der Waals surface area contributed by atoms with Crippen molar-refractivity contribution in [3.63, 3.8) is 0 Å². The molecule has 0 aromatic heterocycles. The van der Waals surface area contributed by atoms with Gasteiger partial charge in [-0.15, -0.1) is 0 Å². The third kappa shape index (κ3) is 5.07. The minimum Gasteiger partial charge on any atom is -0.493 e. The lowest BCUT2D eigenvalue weighted by Gasteiger charge is -2.11. The third-order valence-electron chi connectivity index (χ3n) is 4.93. The molecule has 0 bridgehead atoms. The molecule has 8 nitrogen and oxygen atoms in total. The topological polar surface area (TPSA) is 100 Å². The lowest BCUT2D eigenvalue weighted by Crippen LogP contribution is -2.05. The molecule has 4 rings (SSSR count). The molecule has 0 amide bonds. The Bertz CT molecular complexity index is 1280. The quantitative estimate of drug-likeness (QED) is 0.224. The Morgan fingerprint density at radius 1 is 1.06 bits per heavy atom. The summed E-state index contributed by atoms with van der Waals surface area (Å²) in [5.74, 6) is 0.638. The van der Waals surface area contributed by atoms with E-state index in [0.29, 0.717) is 22.6 Å². The fraction of sp³-hybridized carbons (Fsp3) is 0.120. The second kappa shape index (κ2) is 9.35. The molecule has 3 aromatic carbocycles. The average molecular weight is 444 g/mol. The normalized spacial score (nSPS) is 14.1. The molecular formula is C25H20N2O6. The molecule has 0 spiro atoms. The number of non-ortho nitro benzene ring substituents is 1. The molecule has 0 N–H and O–H groups in total. The van der Waals surface area contributed by atoms with Gasteiger partial charge in [-0.1, -0.05) is 35.9 Å². The molecule has 1 heterocycles. The van der Waals surface area contributed by atoms with E-state index < -0.39 is 10.9 Å². The SMILES string of the molecule is COc1cc(/C=C2\N=C(c3ccc(C)cc3)OC2=O)ccc1OCc1cccc([N+](=O)[O-])c1. The van der Waals surface area contributed by atoms with E-state index in [4.69, 9.17) is 14.2 Å². The zero-order chi connectivity index (χ0) is 23.4. The van der Waals surface area contributed by atoms with Gasteiger partial charge in [-0.25, -0.2) is 9.79 Å². The van der Waals surface area contributed by atoms with Crippen molar-refractivity contribution >= 4 is 23.6 Å². The number of rotatable bonds is 7. The van der Waals surface area contributed by atoms with Gasteiger partial charge in [0.2, 0.25) is 5.90 Å². The van der Waals surface area contributed by atoms with Crippen LogP contribution < -0.4 is 9.47 Å². The number of methoxy groups -OCH3 is 1. The van der Waals surface area contributed by atoms with E-state index in [2.05, 4.69) is 4.99 Å². The number of benzene rings is 3. The van der Waals surface area contributed by atoms with Crippen LogP contribution in [0.3, 0.4) is 0 Å². The Balaban J connectivity index is 1.52. The number of aryl methyl sites for hydroxylation is 1. The van der Waals surface area contributed by atoms with Crippen LogP contribution in [0.1, 0.15) is 22.3 Å². The minimum atomic E-state index is -0.532. The fourth-order valence-corrected chi connectivity index (χ4v) is 3.20. The van der Waals surface area contributed by atoms with E-state index in [1.54, 1.807) is 36.4 Å².